The molecule has 0 spiro atoms. The largest absolute Gasteiger partial charge is 0.416 e. The van der Waals surface area contributed by atoms with E-state index >= 15 is 0 Å². The summed E-state index contributed by atoms with van der Waals surface area (Å²) in [6.45, 7) is 7.51. The summed E-state index contributed by atoms with van der Waals surface area (Å²) in [6.07, 6.45) is -4.32. The third-order valence-corrected chi connectivity index (χ3v) is 4.23. The van der Waals surface area contributed by atoms with Crippen LogP contribution >= 0.6 is 15.9 Å². The van der Waals surface area contributed by atoms with Crippen molar-refractivity contribution < 1.29 is 13.2 Å². The van der Waals surface area contributed by atoms with Gasteiger partial charge in [0.05, 0.1) is 11.3 Å². The van der Waals surface area contributed by atoms with Crippen LogP contribution in [0, 0.1) is 0 Å². The van der Waals surface area contributed by atoms with Crippen LogP contribution < -0.4 is 10.2 Å². The van der Waals surface area contributed by atoms with Gasteiger partial charge in [0.1, 0.15) is 0 Å². The summed E-state index contributed by atoms with van der Waals surface area (Å²) in [5, 5.41) is 3.39. The Morgan fingerprint density at radius 1 is 1.35 bits per heavy atom. The van der Waals surface area contributed by atoms with Crippen LogP contribution in [-0.4, -0.2) is 24.7 Å². The van der Waals surface area contributed by atoms with Crippen molar-refractivity contribution in [3.05, 3.63) is 28.2 Å². The van der Waals surface area contributed by atoms with Crippen molar-refractivity contribution in [2.45, 2.75) is 38.5 Å². The standard InChI is InChI=1S/C14H18BrF3N2/c1-9-7-19-13(2,3)8-20(9)12-6-10(14(16,17)18)4-5-11(12)15/h4-6,9,19H,7-8H2,1-3H3. The lowest BCUT2D eigenvalue weighted by atomic mass is 9.98. The number of halogens is 4. The Hall–Kier alpha value is -0.750. The van der Waals surface area contributed by atoms with E-state index in [0.717, 1.165) is 12.6 Å². The maximum absolute atomic E-state index is 12.9. The molecule has 2 rings (SSSR count). The van der Waals surface area contributed by atoms with Crippen molar-refractivity contribution in [3.63, 3.8) is 0 Å². The maximum atomic E-state index is 12.9. The highest BCUT2D eigenvalue weighted by Gasteiger charge is 2.34. The average Bonchev–Trinajstić information content (AvgIpc) is 2.32. The SMILES string of the molecule is CC1CNC(C)(C)CN1c1cc(C(F)(F)F)ccc1Br. The molecule has 2 nitrogen and oxygen atoms in total. The number of nitrogens with zero attached hydrogens (tertiary/aromatic N) is 1. The van der Waals surface area contributed by atoms with Crippen LogP contribution in [0.15, 0.2) is 22.7 Å². The molecule has 0 radical (unpaired) electrons. The van der Waals surface area contributed by atoms with Crippen LogP contribution in [0.4, 0.5) is 18.9 Å². The molecular formula is C14H18BrF3N2. The number of piperazine rings is 1. The Labute approximate surface area is 125 Å². The minimum atomic E-state index is -4.32. The highest BCUT2D eigenvalue weighted by Crippen LogP contribution is 2.37. The zero-order valence-electron chi connectivity index (χ0n) is 11.7. The van der Waals surface area contributed by atoms with Crippen LogP contribution in [0.25, 0.3) is 0 Å². The van der Waals surface area contributed by atoms with Gasteiger partial charge in [0.15, 0.2) is 0 Å². The van der Waals surface area contributed by atoms with Crippen molar-refractivity contribution in [3.8, 4) is 0 Å². The molecule has 0 amide bonds. The number of anilines is 1. The van der Waals surface area contributed by atoms with E-state index in [0.29, 0.717) is 16.7 Å². The van der Waals surface area contributed by atoms with Gasteiger partial charge in [-0.15, -0.1) is 0 Å². The van der Waals surface area contributed by atoms with Gasteiger partial charge in [0.2, 0.25) is 0 Å². The summed E-state index contributed by atoms with van der Waals surface area (Å²) < 4.78 is 39.3. The fraction of sp³-hybridized carbons (Fsp3) is 0.571. The lowest BCUT2D eigenvalue weighted by Gasteiger charge is -2.45. The number of benzene rings is 1. The Morgan fingerprint density at radius 3 is 2.60 bits per heavy atom. The molecule has 0 aliphatic carbocycles. The first-order chi connectivity index (χ1) is 9.10. The monoisotopic (exact) mass is 350 g/mol. The Kier molecular flexibility index (Phi) is 4.08. The van der Waals surface area contributed by atoms with E-state index < -0.39 is 11.7 Å². The van der Waals surface area contributed by atoms with Crippen LogP contribution in [0.5, 0.6) is 0 Å². The van der Waals surface area contributed by atoms with Crippen LogP contribution in [0.1, 0.15) is 26.3 Å². The molecule has 0 aromatic heterocycles. The lowest BCUT2D eigenvalue weighted by molar-refractivity contribution is -0.137. The van der Waals surface area contributed by atoms with Gasteiger partial charge in [-0.25, -0.2) is 0 Å². The Balaban J connectivity index is 2.40. The number of nitrogens with one attached hydrogen (secondary N) is 1. The predicted molar refractivity (Wildman–Crippen MR) is 78.0 cm³/mol. The average molecular weight is 351 g/mol. The second-order valence-electron chi connectivity index (χ2n) is 5.91. The van der Waals surface area contributed by atoms with Crippen LogP contribution in [-0.2, 0) is 6.18 Å². The molecule has 1 aliphatic rings. The topological polar surface area (TPSA) is 15.3 Å². The fourth-order valence-corrected chi connectivity index (χ4v) is 2.88. The molecular weight excluding hydrogens is 333 g/mol. The van der Waals surface area contributed by atoms with E-state index in [1.165, 1.54) is 12.1 Å². The number of alkyl halides is 3. The second kappa shape index (κ2) is 5.22. The van der Waals surface area contributed by atoms with Gasteiger partial charge in [-0.2, -0.15) is 13.2 Å². The molecule has 1 N–H and O–H groups in total. The lowest BCUT2D eigenvalue weighted by Crippen LogP contribution is -2.61. The second-order valence-corrected chi connectivity index (χ2v) is 6.76. The normalized spacial score (nSPS) is 22.9. The zero-order valence-corrected chi connectivity index (χ0v) is 13.3. The summed E-state index contributed by atoms with van der Waals surface area (Å²) in [6, 6.07) is 3.94. The quantitative estimate of drug-likeness (QED) is 0.821. The van der Waals surface area contributed by atoms with Gasteiger partial charge in [-0.3, -0.25) is 0 Å². The number of hydrogen-bond donors (Lipinski definition) is 1. The minimum Gasteiger partial charge on any atom is -0.365 e. The van der Waals surface area contributed by atoms with E-state index in [9.17, 15) is 13.2 Å². The molecule has 0 bridgehead atoms. The summed E-state index contributed by atoms with van der Waals surface area (Å²) in [5.41, 5.74) is -0.138. The highest BCUT2D eigenvalue weighted by molar-refractivity contribution is 9.10. The van der Waals surface area contributed by atoms with Crippen molar-refractivity contribution in [2.24, 2.45) is 0 Å². The summed E-state index contributed by atoms with van der Waals surface area (Å²) in [7, 11) is 0. The van der Waals surface area contributed by atoms with Gasteiger partial charge in [0.25, 0.3) is 0 Å². The van der Waals surface area contributed by atoms with Gasteiger partial charge >= 0.3 is 6.18 Å². The van der Waals surface area contributed by atoms with Crippen LogP contribution in [0.2, 0.25) is 0 Å². The van der Waals surface area contributed by atoms with Crippen molar-refractivity contribution in [2.75, 3.05) is 18.0 Å². The predicted octanol–water partition coefficient (Wildman–Crippen LogP) is 4.04. The van der Waals surface area contributed by atoms with Gasteiger partial charge in [-0.05, 0) is 54.9 Å². The number of rotatable bonds is 1. The first kappa shape index (κ1) is 15.6. The van der Waals surface area contributed by atoms with Crippen molar-refractivity contribution in [1.82, 2.24) is 5.32 Å². The summed E-state index contributed by atoms with van der Waals surface area (Å²) >= 11 is 3.37. The molecule has 6 heteroatoms. The molecule has 1 unspecified atom stereocenters. The first-order valence-corrected chi connectivity index (χ1v) is 7.28. The maximum Gasteiger partial charge on any atom is 0.416 e. The smallest absolute Gasteiger partial charge is 0.365 e. The van der Waals surface area contributed by atoms with Gasteiger partial charge < -0.3 is 10.2 Å². The highest BCUT2D eigenvalue weighted by atomic mass is 79.9. The van der Waals surface area contributed by atoms with Gasteiger partial charge in [-0.1, -0.05) is 0 Å². The molecule has 20 heavy (non-hydrogen) atoms. The molecule has 1 saturated heterocycles. The van der Waals surface area contributed by atoms with E-state index in [1.807, 2.05) is 25.7 Å². The Morgan fingerprint density at radius 2 is 2.00 bits per heavy atom. The number of hydrogen-bond acceptors (Lipinski definition) is 2. The van der Waals surface area contributed by atoms with Crippen molar-refractivity contribution >= 4 is 21.6 Å². The van der Waals surface area contributed by atoms with Gasteiger partial charge in [0, 0.05) is 29.1 Å². The third-order valence-electron chi connectivity index (χ3n) is 3.56. The van der Waals surface area contributed by atoms with Crippen LogP contribution in [0.3, 0.4) is 0 Å². The van der Waals surface area contributed by atoms with Crippen molar-refractivity contribution in [1.29, 1.82) is 0 Å². The molecule has 1 atom stereocenters. The third kappa shape index (κ3) is 3.28. The molecule has 1 fully saturated rings. The minimum absolute atomic E-state index is 0.125. The Bertz CT molecular complexity index is 500. The zero-order chi connectivity index (χ0) is 15.1. The molecule has 112 valence electrons. The first-order valence-electron chi connectivity index (χ1n) is 6.48. The van der Waals surface area contributed by atoms with E-state index in [4.69, 9.17) is 0 Å². The summed E-state index contributed by atoms with van der Waals surface area (Å²) in [5.74, 6) is 0. The molecule has 1 aliphatic heterocycles. The van der Waals surface area contributed by atoms with E-state index in [1.54, 1.807) is 0 Å². The fourth-order valence-electron chi connectivity index (χ4n) is 2.40. The molecule has 1 aromatic rings. The summed E-state index contributed by atoms with van der Waals surface area (Å²) in [4.78, 5) is 2.02. The van der Waals surface area contributed by atoms with E-state index in [2.05, 4.69) is 21.2 Å². The van der Waals surface area contributed by atoms with E-state index in [-0.39, 0.29) is 11.6 Å². The molecule has 1 heterocycles. The molecule has 0 saturated carbocycles. The molecule has 1 aromatic carbocycles.